The Bertz CT molecular complexity index is 137. The smallest absolute Gasteiger partial charge is 0.190 e. The second-order valence-electron chi connectivity index (χ2n) is 3.35. The van der Waals surface area contributed by atoms with E-state index in [-0.39, 0.29) is 0 Å². The fourth-order valence-electron chi connectivity index (χ4n) is 1.63. The van der Waals surface area contributed by atoms with Gasteiger partial charge in [-0.2, -0.15) is 0 Å². The van der Waals surface area contributed by atoms with E-state index in [1.165, 1.54) is 32.1 Å². The summed E-state index contributed by atoms with van der Waals surface area (Å²) in [6.45, 7) is 2.11. The van der Waals surface area contributed by atoms with Crippen LogP contribution in [0.25, 0.3) is 0 Å². The molecule has 1 aliphatic heterocycles. The lowest BCUT2D eigenvalue weighted by Gasteiger charge is -2.26. The molecule has 0 atom stereocenters. The number of nitrogens with one attached hydrogen (secondary N) is 2. The zero-order valence-corrected chi connectivity index (χ0v) is 7.90. The van der Waals surface area contributed by atoms with Crippen LogP contribution in [-0.4, -0.2) is 31.0 Å². The largest absolute Gasteiger partial charge is 0.359 e. The van der Waals surface area contributed by atoms with E-state index >= 15 is 0 Å². The second-order valence-corrected chi connectivity index (χ2v) is 3.35. The molecule has 0 aliphatic carbocycles. The standard InChI is InChI=1S/C9H19N3/c1-11-9(10)12-7-5-3-2-4-6-8-12/h2-8H2,1H3,(H2,10,11). The summed E-state index contributed by atoms with van der Waals surface area (Å²) < 4.78 is 0. The van der Waals surface area contributed by atoms with Gasteiger partial charge in [0.05, 0.1) is 0 Å². The summed E-state index contributed by atoms with van der Waals surface area (Å²) in [7, 11) is 1.82. The first-order chi connectivity index (χ1) is 5.84. The van der Waals surface area contributed by atoms with Crippen molar-refractivity contribution in [2.45, 2.75) is 32.1 Å². The zero-order chi connectivity index (χ0) is 8.81. The van der Waals surface area contributed by atoms with Crippen molar-refractivity contribution in [2.75, 3.05) is 20.1 Å². The van der Waals surface area contributed by atoms with Crippen molar-refractivity contribution in [3.8, 4) is 0 Å². The molecule has 1 heterocycles. The maximum Gasteiger partial charge on any atom is 0.190 e. The number of rotatable bonds is 0. The summed E-state index contributed by atoms with van der Waals surface area (Å²) in [5.74, 6) is 0.580. The molecule has 0 radical (unpaired) electrons. The number of nitrogens with zero attached hydrogens (tertiary/aromatic N) is 1. The Morgan fingerprint density at radius 3 is 2.08 bits per heavy atom. The van der Waals surface area contributed by atoms with Crippen LogP contribution >= 0.6 is 0 Å². The Hall–Kier alpha value is -0.730. The highest BCUT2D eigenvalue weighted by Gasteiger charge is 2.09. The SMILES string of the molecule is CNC(=N)N1CCCCCCC1. The monoisotopic (exact) mass is 169 g/mol. The van der Waals surface area contributed by atoms with Gasteiger partial charge in [-0.15, -0.1) is 0 Å². The molecule has 0 unspecified atom stereocenters. The first-order valence-electron chi connectivity index (χ1n) is 4.86. The third kappa shape index (κ3) is 2.72. The van der Waals surface area contributed by atoms with Crippen molar-refractivity contribution in [1.29, 1.82) is 5.41 Å². The molecule has 0 aromatic carbocycles. The third-order valence-corrected chi connectivity index (χ3v) is 2.41. The van der Waals surface area contributed by atoms with Gasteiger partial charge in [-0.1, -0.05) is 19.3 Å². The number of guanidine groups is 1. The summed E-state index contributed by atoms with van der Waals surface area (Å²) in [6, 6.07) is 0. The lowest BCUT2D eigenvalue weighted by atomic mass is 10.1. The molecule has 0 bridgehead atoms. The summed E-state index contributed by atoms with van der Waals surface area (Å²) in [5, 5.41) is 10.5. The predicted molar refractivity (Wildman–Crippen MR) is 51.4 cm³/mol. The molecule has 0 spiro atoms. The Morgan fingerprint density at radius 2 is 1.58 bits per heavy atom. The maximum absolute atomic E-state index is 7.62. The van der Waals surface area contributed by atoms with Gasteiger partial charge >= 0.3 is 0 Å². The van der Waals surface area contributed by atoms with E-state index in [0.717, 1.165) is 13.1 Å². The van der Waals surface area contributed by atoms with Gasteiger partial charge in [-0.25, -0.2) is 0 Å². The van der Waals surface area contributed by atoms with E-state index in [0.29, 0.717) is 5.96 Å². The highest BCUT2D eigenvalue weighted by molar-refractivity contribution is 5.76. The van der Waals surface area contributed by atoms with Crippen LogP contribution < -0.4 is 5.32 Å². The molecule has 1 aliphatic rings. The highest BCUT2D eigenvalue weighted by Crippen LogP contribution is 2.09. The van der Waals surface area contributed by atoms with Crippen LogP contribution in [-0.2, 0) is 0 Å². The molecule has 1 rings (SSSR count). The van der Waals surface area contributed by atoms with Crippen LogP contribution in [0, 0.1) is 5.41 Å². The molecular weight excluding hydrogens is 150 g/mol. The number of hydrogen-bond donors (Lipinski definition) is 2. The molecule has 0 aromatic heterocycles. The van der Waals surface area contributed by atoms with Crippen molar-refractivity contribution in [3.05, 3.63) is 0 Å². The highest BCUT2D eigenvalue weighted by atomic mass is 15.3. The molecule has 12 heavy (non-hydrogen) atoms. The van der Waals surface area contributed by atoms with Crippen LogP contribution in [0.3, 0.4) is 0 Å². The van der Waals surface area contributed by atoms with Crippen molar-refractivity contribution in [3.63, 3.8) is 0 Å². The molecule has 1 saturated heterocycles. The normalized spacial score (nSPS) is 19.6. The topological polar surface area (TPSA) is 39.1 Å². The van der Waals surface area contributed by atoms with Crippen LogP contribution in [0.5, 0.6) is 0 Å². The van der Waals surface area contributed by atoms with E-state index in [9.17, 15) is 0 Å². The van der Waals surface area contributed by atoms with Crippen molar-refractivity contribution >= 4 is 5.96 Å². The molecule has 0 aromatic rings. The minimum Gasteiger partial charge on any atom is -0.359 e. The van der Waals surface area contributed by atoms with Gasteiger partial charge in [0.2, 0.25) is 0 Å². The van der Waals surface area contributed by atoms with Crippen molar-refractivity contribution in [1.82, 2.24) is 10.2 Å². The minimum atomic E-state index is 0.580. The van der Waals surface area contributed by atoms with Gasteiger partial charge < -0.3 is 10.2 Å². The molecule has 3 nitrogen and oxygen atoms in total. The molecule has 70 valence electrons. The first-order valence-corrected chi connectivity index (χ1v) is 4.86. The summed E-state index contributed by atoms with van der Waals surface area (Å²) >= 11 is 0. The molecular formula is C9H19N3. The van der Waals surface area contributed by atoms with Gasteiger partial charge in [0.25, 0.3) is 0 Å². The molecule has 2 N–H and O–H groups in total. The first kappa shape index (κ1) is 9.36. The Kier molecular flexibility index (Phi) is 3.91. The lowest BCUT2D eigenvalue weighted by Crippen LogP contribution is -2.40. The van der Waals surface area contributed by atoms with E-state index in [4.69, 9.17) is 5.41 Å². The van der Waals surface area contributed by atoms with Crippen LogP contribution in [0.15, 0.2) is 0 Å². The quantitative estimate of drug-likeness (QED) is 0.425. The number of hydrogen-bond acceptors (Lipinski definition) is 1. The van der Waals surface area contributed by atoms with E-state index in [2.05, 4.69) is 10.2 Å². The second kappa shape index (κ2) is 5.01. The minimum absolute atomic E-state index is 0.580. The number of likely N-dealkylation sites (tertiary alicyclic amines) is 1. The van der Waals surface area contributed by atoms with E-state index < -0.39 is 0 Å². The third-order valence-electron chi connectivity index (χ3n) is 2.41. The van der Waals surface area contributed by atoms with Crippen molar-refractivity contribution < 1.29 is 0 Å². The predicted octanol–water partition coefficient (Wildman–Crippen LogP) is 1.41. The van der Waals surface area contributed by atoms with Crippen LogP contribution in [0.2, 0.25) is 0 Å². The van der Waals surface area contributed by atoms with Gasteiger partial charge in [0.1, 0.15) is 0 Å². The van der Waals surface area contributed by atoms with Gasteiger partial charge in [-0.3, -0.25) is 5.41 Å². The van der Waals surface area contributed by atoms with Gasteiger partial charge in [0, 0.05) is 20.1 Å². The Morgan fingerprint density at radius 1 is 1.08 bits per heavy atom. The zero-order valence-electron chi connectivity index (χ0n) is 7.90. The molecule has 0 saturated carbocycles. The van der Waals surface area contributed by atoms with Gasteiger partial charge in [-0.05, 0) is 12.8 Å². The summed E-state index contributed by atoms with van der Waals surface area (Å²) in [6.07, 6.45) is 6.51. The van der Waals surface area contributed by atoms with E-state index in [1.807, 2.05) is 7.05 Å². The fraction of sp³-hybridized carbons (Fsp3) is 0.889. The Balaban J connectivity index is 2.34. The molecule has 0 amide bonds. The van der Waals surface area contributed by atoms with Crippen LogP contribution in [0.1, 0.15) is 32.1 Å². The average Bonchev–Trinajstić information content (AvgIpc) is 2.02. The molecule has 3 heteroatoms. The van der Waals surface area contributed by atoms with Crippen molar-refractivity contribution in [2.24, 2.45) is 0 Å². The average molecular weight is 169 g/mol. The maximum atomic E-state index is 7.62. The van der Waals surface area contributed by atoms with E-state index in [1.54, 1.807) is 0 Å². The summed E-state index contributed by atoms with van der Waals surface area (Å²) in [4.78, 5) is 2.14. The lowest BCUT2D eigenvalue weighted by molar-refractivity contribution is 0.352. The summed E-state index contributed by atoms with van der Waals surface area (Å²) in [5.41, 5.74) is 0. The van der Waals surface area contributed by atoms with Crippen LogP contribution in [0.4, 0.5) is 0 Å². The Labute approximate surface area is 74.6 Å². The fourth-order valence-corrected chi connectivity index (χ4v) is 1.63. The molecule has 1 fully saturated rings. The van der Waals surface area contributed by atoms with Gasteiger partial charge in [0.15, 0.2) is 5.96 Å².